The molecule has 23 heavy (non-hydrogen) atoms. The van der Waals surface area contributed by atoms with Crippen LogP contribution in [0.15, 0.2) is 64.3 Å². The first-order chi connectivity index (χ1) is 11.2. The number of nitrogens with zero attached hydrogens (tertiary/aromatic N) is 2. The van der Waals surface area contributed by atoms with Crippen LogP contribution in [0.2, 0.25) is 0 Å². The molecular weight excluding hydrogens is 348 g/mol. The summed E-state index contributed by atoms with van der Waals surface area (Å²) in [5.74, 6) is 0.251. The molecular formula is C20H23BrN2. The molecule has 0 aliphatic heterocycles. The Balaban J connectivity index is 2.22. The van der Waals surface area contributed by atoms with E-state index < -0.39 is 0 Å². The SMILES string of the molecule is C/C=C\C(/C=C(\C#N)N(C)c1ccccc1)CC1=C(Br)CCC1. The number of para-hydroxylation sites is 1. The maximum Gasteiger partial charge on any atom is 0.117 e. The highest BCUT2D eigenvalue weighted by molar-refractivity contribution is 9.11. The van der Waals surface area contributed by atoms with Gasteiger partial charge < -0.3 is 4.90 Å². The fourth-order valence-electron chi connectivity index (χ4n) is 2.91. The highest BCUT2D eigenvalue weighted by atomic mass is 79.9. The van der Waals surface area contributed by atoms with Crippen molar-refractivity contribution >= 4 is 21.6 Å². The van der Waals surface area contributed by atoms with Crippen molar-refractivity contribution in [1.29, 1.82) is 5.26 Å². The maximum absolute atomic E-state index is 9.58. The zero-order valence-electron chi connectivity index (χ0n) is 13.8. The van der Waals surface area contributed by atoms with E-state index in [9.17, 15) is 5.26 Å². The van der Waals surface area contributed by atoms with Crippen molar-refractivity contribution in [3.63, 3.8) is 0 Å². The fraction of sp³-hybridized carbons (Fsp3) is 0.350. The van der Waals surface area contributed by atoms with E-state index in [4.69, 9.17) is 0 Å². The number of hydrogen-bond acceptors (Lipinski definition) is 2. The molecule has 0 N–H and O–H groups in total. The molecule has 0 bridgehead atoms. The zero-order chi connectivity index (χ0) is 16.7. The van der Waals surface area contributed by atoms with Crippen molar-refractivity contribution in [2.75, 3.05) is 11.9 Å². The van der Waals surface area contributed by atoms with Gasteiger partial charge in [0, 0.05) is 18.7 Å². The van der Waals surface area contributed by atoms with E-state index in [-0.39, 0.29) is 5.92 Å². The largest absolute Gasteiger partial charge is 0.336 e. The third kappa shape index (κ3) is 4.84. The van der Waals surface area contributed by atoms with Crippen LogP contribution in [0.25, 0.3) is 0 Å². The van der Waals surface area contributed by atoms with Gasteiger partial charge in [0.15, 0.2) is 0 Å². The average Bonchev–Trinajstić information content (AvgIpc) is 2.98. The van der Waals surface area contributed by atoms with E-state index in [1.807, 2.05) is 49.2 Å². The second-order valence-electron chi connectivity index (χ2n) is 5.81. The first-order valence-corrected chi connectivity index (χ1v) is 8.85. The van der Waals surface area contributed by atoms with E-state index in [1.54, 1.807) is 0 Å². The Bertz CT molecular complexity index is 650. The van der Waals surface area contributed by atoms with Crippen LogP contribution >= 0.6 is 15.9 Å². The minimum absolute atomic E-state index is 0.251. The number of halogens is 1. The van der Waals surface area contributed by atoms with Crippen molar-refractivity contribution in [1.82, 2.24) is 0 Å². The standard InChI is InChI=1S/C20H23BrN2/c1-3-8-16(13-17-9-7-12-20(17)21)14-19(15-22)23(2)18-10-5-4-6-11-18/h3-6,8,10-11,14,16H,7,9,12-13H2,1-2H3/b8-3-,19-14+. The van der Waals surface area contributed by atoms with Gasteiger partial charge in [-0.1, -0.05) is 51.9 Å². The molecule has 0 spiro atoms. The van der Waals surface area contributed by atoms with Crippen molar-refractivity contribution in [3.8, 4) is 6.07 Å². The molecule has 1 aromatic carbocycles. The number of nitriles is 1. The number of allylic oxidation sites excluding steroid dienone is 6. The summed E-state index contributed by atoms with van der Waals surface area (Å²) >= 11 is 3.69. The summed E-state index contributed by atoms with van der Waals surface area (Å²) in [6.45, 7) is 2.03. The molecule has 120 valence electrons. The molecule has 1 atom stereocenters. The van der Waals surface area contributed by atoms with Gasteiger partial charge in [-0.05, 0) is 55.3 Å². The minimum atomic E-state index is 0.251. The van der Waals surface area contributed by atoms with E-state index in [2.05, 4.69) is 40.2 Å². The lowest BCUT2D eigenvalue weighted by atomic mass is 9.97. The van der Waals surface area contributed by atoms with E-state index in [0.717, 1.165) is 18.5 Å². The van der Waals surface area contributed by atoms with Crippen LogP contribution in [0, 0.1) is 17.2 Å². The summed E-state index contributed by atoms with van der Waals surface area (Å²) in [4.78, 5) is 1.95. The van der Waals surface area contributed by atoms with Crippen LogP contribution in [0.5, 0.6) is 0 Å². The van der Waals surface area contributed by atoms with Crippen LogP contribution in [-0.2, 0) is 0 Å². The molecule has 1 unspecified atom stereocenters. The molecule has 2 nitrogen and oxygen atoms in total. The van der Waals surface area contributed by atoms with Crippen LogP contribution in [0.1, 0.15) is 32.6 Å². The summed E-state index contributed by atoms with van der Waals surface area (Å²) in [5.41, 5.74) is 3.21. The van der Waals surface area contributed by atoms with Gasteiger partial charge in [-0.15, -0.1) is 0 Å². The van der Waals surface area contributed by atoms with Gasteiger partial charge in [0.2, 0.25) is 0 Å². The zero-order valence-corrected chi connectivity index (χ0v) is 15.4. The fourth-order valence-corrected chi connectivity index (χ4v) is 3.55. The van der Waals surface area contributed by atoms with Crippen molar-refractivity contribution < 1.29 is 0 Å². The number of rotatable bonds is 6. The van der Waals surface area contributed by atoms with Crippen molar-refractivity contribution in [2.45, 2.75) is 32.6 Å². The third-order valence-corrected chi connectivity index (χ3v) is 5.13. The molecule has 0 aromatic heterocycles. The van der Waals surface area contributed by atoms with Gasteiger partial charge in [0.05, 0.1) is 0 Å². The molecule has 0 fully saturated rings. The quantitative estimate of drug-likeness (QED) is 0.457. The molecule has 3 heteroatoms. The Labute approximate surface area is 147 Å². The second kappa shape index (κ2) is 8.74. The summed E-state index contributed by atoms with van der Waals surface area (Å²) in [6.07, 6.45) is 10.9. The van der Waals surface area contributed by atoms with Gasteiger partial charge in [-0.3, -0.25) is 0 Å². The molecule has 1 aliphatic carbocycles. The van der Waals surface area contributed by atoms with E-state index in [1.165, 1.54) is 22.9 Å². The van der Waals surface area contributed by atoms with E-state index >= 15 is 0 Å². The Morgan fingerprint density at radius 3 is 2.65 bits per heavy atom. The lowest BCUT2D eigenvalue weighted by Crippen LogP contribution is -2.16. The first-order valence-electron chi connectivity index (χ1n) is 8.05. The molecule has 1 aromatic rings. The second-order valence-corrected chi connectivity index (χ2v) is 6.77. The van der Waals surface area contributed by atoms with Gasteiger partial charge in [0.25, 0.3) is 0 Å². The monoisotopic (exact) mass is 370 g/mol. The minimum Gasteiger partial charge on any atom is -0.336 e. The predicted molar refractivity (Wildman–Crippen MR) is 101 cm³/mol. The van der Waals surface area contributed by atoms with Crippen molar-refractivity contribution in [3.05, 3.63) is 64.3 Å². The lowest BCUT2D eigenvalue weighted by Gasteiger charge is -2.20. The maximum atomic E-state index is 9.58. The van der Waals surface area contributed by atoms with Gasteiger partial charge >= 0.3 is 0 Å². The van der Waals surface area contributed by atoms with Gasteiger partial charge in [-0.25, -0.2) is 0 Å². The summed E-state index contributed by atoms with van der Waals surface area (Å²) < 4.78 is 1.36. The van der Waals surface area contributed by atoms with Crippen LogP contribution in [0.3, 0.4) is 0 Å². The molecule has 0 heterocycles. The highest BCUT2D eigenvalue weighted by Gasteiger charge is 2.16. The Morgan fingerprint density at radius 1 is 1.35 bits per heavy atom. The third-order valence-electron chi connectivity index (χ3n) is 4.17. The van der Waals surface area contributed by atoms with Crippen molar-refractivity contribution in [2.24, 2.45) is 5.92 Å². The highest BCUT2D eigenvalue weighted by Crippen LogP contribution is 2.35. The normalized spacial score (nSPS) is 16.7. The summed E-state index contributed by atoms with van der Waals surface area (Å²) in [6, 6.07) is 12.4. The Hall–Kier alpha value is -1.79. The molecule has 0 saturated heterocycles. The van der Waals surface area contributed by atoms with Gasteiger partial charge in [-0.2, -0.15) is 5.26 Å². The summed E-state index contributed by atoms with van der Waals surface area (Å²) in [7, 11) is 1.95. The van der Waals surface area contributed by atoms with Crippen LogP contribution in [-0.4, -0.2) is 7.05 Å². The number of benzene rings is 1. The number of anilines is 1. The molecule has 1 aliphatic rings. The summed E-state index contributed by atoms with van der Waals surface area (Å²) in [5, 5.41) is 9.58. The smallest absolute Gasteiger partial charge is 0.117 e. The predicted octanol–water partition coefficient (Wildman–Crippen LogP) is 5.95. The number of hydrogen-bond donors (Lipinski definition) is 0. The first kappa shape index (κ1) is 17.6. The van der Waals surface area contributed by atoms with Crippen LogP contribution in [0.4, 0.5) is 5.69 Å². The Kier molecular flexibility index (Phi) is 6.67. The Morgan fingerprint density at radius 2 is 2.09 bits per heavy atom. The molecule has 0 amide bonds. The lowest BCUT2D eigenvalue weighted by molar-refractivity contribution is 0.753. The van der Waals surface area contributed by atoms with Crippen LogP contribution < -0.4 is 4.90 Å². The van der Waals surface area contributed by atoms with Gasteiger partial charge in [0.1, 0.15) is 11.8 Å². The molecule has 0 saturated carbocycles. The topological polar surface area (TPSA) is 27.0 Å². The average molecular weight is 371 g/mol. The molecule has 2 rings (SSSR count). The van der Waals surface area contributed by atoms with E-state index in [0.29, 0.717) is 5.70 Å². The molecule has 0 radical (unpaired) electrons.